The average molecular weight is 198 g/mol. The summed E-state index contributed by atoms with van der Waals surface area (Å²) in [5.74, 6) is -0.261. The first-order valence-electron chi connectivity index (χ1n) is 4.87. The van der Waals surface area contributed by atoms with Crippen LogP contribution < -0.4 is 0 Å². The van der Waals surface area contributed by atoms with Crippen molar-refractivity contribution in [3.8, 4) is 6.07 Å². The molecule has 0 aliphatic heterocycles. The molecular weight excluding hydrogens is 180 g/mol. The Morgan fingerprint density at radius 1 is 1.64 bits per heavy atom. The molecule has 0 aromatic rings. The van der Waals surface area contributed by atoms with Crippen molar-refractivity contribution in [2.24, 2.45) is 0 Å². The summed E-state index contributed by atoms with van der Waals surface area (Å²) in [4.78, 5) is 12.8. The first kappa shape index (κ1) is 12.9. The van der Waals surface area contributed by atoms with Crippen molar-refractivity contribution in [2.75, 3.05) is 20.2 Å². The molecule has 0 radical (unpaired) electrons. The highest BCUT2D eigenvalue weighted by atomic mass is 16.5. The lowest BCUT2D eigenvalue weighted by Crippen LogP contribution is -2.33. The molecule has 0 amide bonds. The minimum atomic E-state index is -0.261. The second-order valence-electron chi connectivity index (χ2n) is 3.29. The number of unbranched alkanes of at least 4 members (excludes halogenated alkanes) is 1. The molecule has 0 saturated carbocycles. The fourth-order valence-corrected chi connectivity index (χ4v) is 0.815. The molecule has 4 nitrogen and oxygen atoms in total. The van der Waals surface area contributed by atoms with E-state index in [4.69, 9.17) is 10.00 Å². The third-order valence-corrected chi connectivity index (χ3v) is 1.99. The quantitative estimate of drug-likeness (QED) is 0.475. The van der Waals surface area contributed by atoms with Gasteiger partial charge in [0.25, 0.3) is 0 Å². The monoisotopic (exact) mass is 198 g/mol. The summed E-state index contributed by atoms with van der Waals surface area (Å²) in [6.07, 6.45) is 1.90. The second-order valence-corrected chi connectivity index (χ2v) is 3.29. The van der Waals surface area contributed by atoms with E-state index in [2.05, 4.69) is 6.07 Å². The van der Waals surface area contributed by atoms with E-state index >= 15 is 0 Å². The topological polar surface area (TPSA) is 53.3 Å². The minimum Gasteiger partial charge on any atom is -0.465 e. The zero-order chi connectivity index (χ0) is 11.0. The van der Waals surface area contributed by atoms with E-state index in [0.29, 0.717) is 6.61 Å². The molecule has 0 aromatic carbocycles. The number of carbonyl (C=O) groups excluding carboxylic acids is 1. The van der Waals surface area contributed by atoms with Crippen LogP contribution in [-0.2, 0) is 9.53 Å². The van der Waals surface area contributed by atoms with Crippen LogP contribution in [0.3, 0.4) is 0 Å². The van der Waals surface area contributed by atoms with Crippen molar-refractivity contribution in [1.82, 2.24) is 4.90 Å². The molecule has 0 N–H and O–H groups in total. The van der Waals surface area contributed by atoms with Gasteiger partial charge in [0.2, 0.25) is 0 Å². The highest BCUT2D eigenvalue weighted by molar-refractivity contribution is 5.71. The smallest absolute Gasteiger partial charge is 0.320 e. The summed E-state index contributed by atoms with van der Waals surface area (Å²) in [5.41, 5.74) is 0. The molecular formula is C10H18N2O2. The third-order valence-electron chi connectivity index (χ3n) is 1.99. The Balaban J connectivity index is 3.67. The summed E-state index contributed by atoms with van der Waals surface area (Å²) < 4.78 is 4.96. The normalized spacial score (nSPS) is 12.2. The predicted molar refractivity (Wildman–Crippen MR) is 53.6 cm³/mol. The number of hydrogen-bond acceptors (Lipinski definition) is 4. The van der Waals surface area contributed by atoms with Gasteiger partial charge in [-0.1, -0.05) is 13.3 Å². The molecule has 0 spiro atoms. The summed E-state index contributed by atoms with van der Waals surface area (Å²) in [7, 11) is 1.73. The molecule has 0 saturated heterocycles. The highest BCUT2D eigenvalue weighted by Gasteiger charge is 2.12. The van der Waals surface area contributed by atoms with Crippen LogP contribution in [0, 0.1) is 11.3 Å². The summed E-state index contributed by atoms with van der Waals surface area (Å²) in [5, 5.41) is 8.59. The molecule has 0 aliphatic rings. The maximum absolute atomic E-state index is 11.2. The Labute approximate surface area is 85.5 Å². The van der Waals surface area contributed by atoms with Crippen molar-refractivity contribution < 1.29 is 9.53 Å². The van der Waals surface area contributed by atoms with Crippen LogP contribution in [-0.4, -0.2) is 37.1 Å². The number of likely N-dealkylation sites (N-methyl/N-ethyl adjacent to an activating group) is 1. The van der Waals surface area contributed by atoms with Crippen molar-refractivity contribution in [3.05, 3.63) is 0 Å². The third kappa shape index (κ3) is 5.55. The molecule has 0 rings (SSSR count). The first-order chi connectivity index (χ1) is 6.61. The van der Waals surface area contributed by atoms with Gasteiger partial charge in [0.05, 0.1) is 25.3 Å². The van der Waals surface area contributed by atoms with Crippen LogP contribution in [0.25, 0.3) is 0 Å². The summed E-state index contributed by atoms with van der Waals surface area (Å²) in [6, 6.07) is 1.80. The SMILES string of the molecule is CCCCOC(=O)CN(C)C(C)C#N. The number of rotatable bonds is 6. The second kappa shape index (κ2) is 7.34. The zero-order valence-corrected chi connectivity index (χ0v) is 9.12. The Hall–Kier alpha value is -1.08. The zero-order valence-electron chi connectivity index (χ0n) is 9.12. The Kier molecular flexibility index (Phi) is 6.77. The van der Waals surface area contributed by atoms with Gasteiger partial charge in [-0.05, 0) is 20.4 Å². The van der Waals surface area contributed by atoms with Crippen LogP contribution in [0.2, 0.25) is 0 Å². The number of nitrogens with zero attached hydrogens (tertiary/aromatic N) is 2. The van der Waals surface area contributed by atoms with E-state index in [1.54, 1.807) is 18.9 Å². The van der Waals surface area contributed by atoms with Gasteiger partial charge >= 0.3 is 5.97 Å². The van der Waals surface area contributed by atoms with E-state index in [9.17, 15) is 4.79 Å². The van der Waals surface area contributed by atoms with Crippen LogP contribution in [0.1, 0.15) is 26.7 Å². The van der Waals surface area contributed by atoms with Gasteiger partial charge in [-0.3, -0.25) is 9.69 Å². The molecule has 0 bridgehead atoms. The number of carbonyl (C=O) groups is 1. The lowest BCUT2D eigenvalue weighted by molar-refractivity contribution is -0.144. The minimum absolute atomic E-state index is 0.179. The van der Waals surface area contributed by atoms with Crippen LogP contribution in [0.5, 0.6) is 0 Å². The lowest BCUT2D eigenvalue weighted by atomic mass is 10.3. The van der Waals surface area contributed by atoms with Crippen LogP contribution in [0.15, 0.2) is 0 Å². The maximum atomic E-state index is 11.2. The maximum Gasteiger partial charge on any atom is 0.320 e. The van der Waals surface area contributed by atoms with Crippen LogP contribution >= 0.6 is 0 Å². The highest BCUT2D eigenvalue weighted by Crippen LogP contribution is 1.95. The van der Waals surface area contributed by atoms with Gasteiger partial charge in [-0.15, -0.1) is 0 Å². The molecule has 0 aliphatic carbocycles. The van der Waals surface area contributed by atoms with Crippen molar-refractivity contribution >= 4 is 5.97 Å². The first-order valence-corrected chi connectivity index (χ1v) is 4.87. The number of esters is 1. The lowest BCUT2D eigenvalue weighted by Gasteiger charge is -2.17. The van der Waals surface area contributed by atoms with Gasteiger partial charge in [0.1, 0.15) is 0 Å². The molecule has 1 unspecified atom stereocenters. The molecule has 4 heteroatoms. The van der Waals surface area contributed by atoms with E-state index in [1.165, 1.54) is 0 Å². The Morgan fingerprint density at radius 3 is 2.79 bits per heavy atom. The average Bonchev–Trinajstić information content (AvgIpc) is 2.16. The van der Waals surface area contributed by atoms with Gasteiger partial charge in [-0.25, -0.2) is 0 Å². The van der Waals surface area contributed by atoms with Crippen molar-refractivity contribution in [2.45, 2.75) is 32.7 Å². The van der Waals surface area contributed by atoms with E-state index < -0.39 is 0 Å². The largest absolute Gasteiger partial charge is 0.465 e. The molecule has 14 heavy (non-hydrogen) atoms. The standard InChI is InChI=1S/C10H18N2O2/c1-4-5-6-14-10(13)8-12(3)9(2)7-11/h9H,4-6,8H2,1-3H3. The number of ether oxygens (including phenoxy) is 1. The van der Waals surface area contributed by atoms with E-state index in [0.717, 1.165) is 12.8 Å². The summed E-state index contributed by atoms with van der Waals surface area (Å²) in [6.45, 7) is 4.44. The molecule has 0 fully saturated rings. The predicted octanol–water partition coefficient (Wildman–Crippen LogP) is 1.17. The molecule has 0 heterocycles. The summed E-state index contributed by atoms with van der Waals surface area (Å²) >= 11 is 0. The fraction of sp³-hybridized carbons (Fsp3) is 0.800. The molecule has 0 aromatic heterocycles. The van der Waals surface area contributed by atoms with E-state index in [-0.39, 0.29) is 18.6 Å². The molecule has 1 atom stereocenters. The Morgan fingerprint density at radius 2 is 2.29 bits per heavy atom. The molecule has 80 valence electrons. The number of nitriles is 1. The van der Waals surface area contributed by atoms with Gasteiger partial charge in [0.15, 0.2) is 0 Å². The Bertz CT molecular complexity index is 211. The van der Waals surface area contributed by atoms with Gasteiger partial charge in [-0.2, -0.15) is 5.26 Å². The van der Waals surface area contributed by atoms with E-state index in [1.807, 2.05) is 6.92 Å². The van der Waals surface area contributed by atoms with Gasteiger partial charge in [0, 0.05) is 0 Å². The van der Waals surface area contributed by atoms with Crippen molar-refractivity contribution in [1.29, 1.82) is 5.26 Å². The number of hydrogen-bond donors (Lipinski definition) is 0. The van der Waals surface area contributed by atoms with Gasteiger partial charge < -0.3 is 4.74 Å². The van der Waals surface area contributed by atoms with Crippen LogP contribution in [0.4, 0.5) is 0 Å². The van der Waals surface area contributed by atoms with Crippen molar-refractivity contribution in [3.63, 3.8) is 0 Å². The fourth-order valence-electron chi connectivity index (χ4n) is 0.815.